The summed E-state index contributed by atoms with van der Waals surface area (Å²) >= 11 is 0. The van der Waals surface area contributed by atoms with Gasteiger partial charge in [-0.1, -0.05) is 61.4 Å². The summed E-state index contributed by atoms with van der Waals surface area (Å²) in [6, 6.07) is 16.3. The Bertz CT molecular complexity index is 978. The topological polar surface area (TPSA) is 114 Å². The van der Waals surface area contributed by atoms with Crippen molar-refractivity contribution in [2.45, 2.75) is 31.6 Å². The lowest BCUT2D eigenvalue weighted by Crippen LogP contribution is -2.42. The summed E-state index contributed by atoms with van der Waals surface area (Å²) in [5.41, 5.74) is 6.86. The van der Waals surface area contributed by atoms with Crippen molar-refractivity contribution in [2.24, 2.45) is 11.8 Å². The third kappa shape index (κ3) is 5.34. The van der Waals surface area contributed by atoms with E-state index in [9.17, 15) is 14.4 Å². The van der Waals surface area contributed by atoms with Crippen molar-refractivity contribution in [1.29, 1.82) is 0 Å². The first-order valence-electron chi connectivity index (χ1n) is 11.3. The summed E-state index contributed by atoms with van der Waals surface area (Å²) in [4.78, 5) is 40.1. The molecule has 0 aliphatic heterocycles. The fourth-order valence-electron chi connectivity index (χ4n) is 4.91. The zero-order chi connectivity index (χ0) is 23.2. The second-order valence-electron chi connectivity index (χ2n) is 8.51. The van der Waals surface area contributed by atoms with Crippen LogP contribution in [0.1, 0.15) is 42.7 Å². The van der Waals surface area contributed by atoms with Crippen molar-refractivity contribution in [3.63, 3.8) is 0 Å². The third-order valence-corrected chi connectivity index (χ3v) is 6.47. The molecule has 2 amide bonds. The highest BCUT2D eigenvalue weighted by Gasteiger charge is 2.32. The molecule has 8 nitrogen and oxygen atoms in total. The van der Waals surface area contributed by atoms with Crippen LogP contribution in [0, 0.1) is 11.8 Å². The second-order valence-corrected chi connectivity index (χ2v) is 8.51. The zero-order valence-corrected chi connectivity index (χ0v) is 18.3. The van der Waals surface area contributed by atoms with Gasteiger partial charge in [-0.25, -0.2) is 15.1 Å². The zero-order valence-electron chi connectivity index (χ0n) is 18.3. The Balaban J connectivity index is 1.30. The first-order chi connectivity index (χ1) is 16.0. The van der Waals surface area contributed by atoms with Crippen molar-refractivity contribution < 1.29 is 29.1 Å². The number of carbonyl (C=O) groups excluding carboxylic acids is 2. The van der Waals surface area contributed by atoms with E-state index in [2.05, 4.69) is 35.1 Å². The summed E-state index contributed by atoms with van der Waals surface area (Å²) in [6.45, 7) is -0.0493. The van der Waals surface area contributed by atoms with Gasteiger partial charge in [0.2, 0.25) is 5.91 Å². The number of rotatable bonds is 8. The Kier molecular flexibility index (Phi) is 7.24. The van der Waals surface area contributed by atoms with E-state index < -0.39 is 18.7 Å². The van der Waals surface area contributed by atoms with E-state index in [0.717, 1.165) is 30.4 Å². The Morgan fingerprint density at radius 1 is 0.939 bits per heavy atom. The average molecular weight is 453 g/mol. The van der Waals surface area contributed by atoms with Crippen molar-refractivity contribution in [2.75, 3.05) is 19.8 Å². The number of hydrogen-bond donors (Lipinski definition) is 3. The molecular weight excluding hydrogens is 424 g/mol. The maximum atomic E-state index is 12.5. The normalized spacial score (nSPS) is 19.3. The number of alkyl carbamates (subject to hydrolysis) is 1. The third-order valence-electron chi connectivity index (χ3n) is 6.47. The molecule has 0 saturated heterocycles. The largest absolute Gasteiger partial charge is 0.479 e. The SMILES string of the molecule is O=C(O)CONC(=O)C1CCCCC1CNC(=O)OCC1c2ccccc2-c2ccccc21. The Hall–Kier alpha value is -3.39. The molecule has 0 heterocycles. The van der Waals surface area contributed by atoms with Gasteiger partial charge in [-0.2, -0.15) is 0 Å². The standard InChI is InChI=1S/C25H28N2O6/c28-23(29)15-33-27-24(30)17-8-2-1-7-16(17)13-26-25(31)32-14-22-20-11-5-3-9-18(20)19-10-4-6-12-21(19)22/h3-6,9-12,16-17,22H,1-2,7-8,13-15H2,(H,26,31)(H,27,30)(H,28,29). The van der Waals surface area contributed by atoms with Crippen molar-refractivity contribution in [3.8, 4) is 11.1 Å². The van der Waals surface area contributed by atoms with E-state index in [1.807, 2.05) is 24.3 Å². The van der Waals surface area contributed by atoms with E-state index in [4.69, 9.17) is 14.7 Å². The lowest BCUT2D eigenvalue weighted by atomic mass is 9.79. The number of nitrogens with one attached hydrogen (secondary N) is 2. The van der Waals surface area contributed by atoms with Gasteiger partial charge < -0.3 is 15.2 Å². The quantitative estimate of drug-likeness (QED) is 0.529. The van der Waals surface area contributed by atoms with Crippen LogP contribution in [-0.2, 0) is 19.2 Å². The minimum absolute atomic E-state index is 0.0114. The van der Waals surface area contributed by atoms with E-state index in [-0.39, 0.29) is 30.3 Å². The number of carboxylic acid groups (broad SMARTS) is 1. The number of hydrogen-bond acceptors (Lipinski definition) is 5. The monoisotopic (exact) mass is 452 g/mol. The molecule has 1 fully saturated rings. The lowest BCUT2D eigenvalue weighted by Gasteiger charge is -2.30. The van der Waals surface area contributed by atoms with Gasteiger partial charge in [0.25, 0.3) is 0 Å². The first kappa shape index (κ1) is 22.8. The van der Waals surface area contributed by atoms with Crippen LogP contribution in [0.15, 0.2) is 48.5 Å². The molecule has 2 aliphatic rings. The Labute approximate surface area is 192 Å². The number of fused-ring (bicyclic) bond motifs is 3. The van der Waals surface area contributed by atoms with Crippen molar-refractivity contribution in [3.05, 3.63) is 59.7 Å². The maximum absolute atomic E-state index is 12.5. The summed E-state index contributed by atoms with van der Waals surface area (Å²) in [5, 5.41) is 11.4. The van der Waals surface area contributed by atoms with Crippen molar-refractivity contribution in [1.82, 2.24) is 10.8 Å². The van der Waals surface area contributed by atoms with Gasteiger partial charge in [-0.15, -0.1) is 0 Å². The molecule has 33 heavy (non-hydrogen) atoms. The predicted octanol–water partition coefficient (Wildman–Crippen LogP) is 3.46. The fraction of sp³-hybridized carbons (Fsp3) is 0.400. The average Bonchev–Trinajstić information content (AvgIpc) is 3.15. The number of benzene rings is 2. The molecule has 0 aromatic heterocycles. The van der Waals surface area contributed by atoms with Gasteiger partial charge in [0.05, 0.1) is 0 Å². The van der Waals surface area contributed by atoms with Gasteiger partial charge >= 0.3 is 12.1 Å². The summed E-state index contributed by atoms with van der Waals surface area (Å²) < 4.78 is 5.58. The molecule has 2 aromatic rings. The molecule has 0 bridgehead atoms. The van der Waals surface area contributed by atoms with Crippen LogP contribution >= 0.6 is 0 Å². The van der Waals surface area contributed by atoms with Gasteiger partial charge in [-0.3, -0.25) is 9.63 Å². The smallest absolute Gasteiger partial charge is 0.407 e. The molecule has 1 saturated carbocycles. The number of amides is 2. The molecule has 4 rings (SSSR count). The van der Waals surface area contributed by atoms with E-state index in [1.165, 1.54) is 11.1 Å². The molecule has 0 spiro atoms. The van der Waals surface area contributed by atoms with Crippen LogP contribution in [-0.4, -0.2) is 42.8 Å². The van der Waals surface area contributed by atoms with E-state index in [1.54, 1.807) is 0 Å². The molecule has 2 aromatic carbocycles. The van der Waals surface area contributed by atoms with Crippen LogP contribution in [0.4, 0.5) is 4.79 Å². The van der Waals surface area contributed by atoms with E-state index in [0.29, 0.717) is 13.0 Å². The second kappa shape index (κ2) is 10.5. The molecule has 0 radical (unpaired) electrons. The van der Waals surface area contributed by atoms with Crippen molar-refractivity contribution >= 4 is 18.0 Å². The molecule has 2 unspecified atom stereocenters. The number of carboxylic acids is 1. The number of aliphatic carboxylic acids is 1. The summed E-state index contributed by atoms with van der Waals surface area (Å²) in [7, 11) is 0. The predicted molar refractivity (Wildman–Crippen MR) is 120 cm³/mol. The van der Waals surface area contributed by atoms with Crippen LogP contribution < -0.4 is 10.8 Å². The molecular formula is C25H28N2O6. The van der Waals surface area contributed by atoms with Crippen LogP contribution in [0.5, 0.6) is 0 Å². The van der Waals surface area contributed by atoms with E-state index >= 15 is 0 Å². The highest BCUT2D eigenvalue weighted by atomic mass is 16.7. The molecule has 3 N–H and O–H groups in total. The van der Waals surface area contributed by atoms with Gasteiger partial charge in [0, 0.05) is 18.4 Å². The molecule has 8 heteroatoms. The highest BCUT2D eigenvalue weighted by Crippen LogP contribution is 2.44. The highest BCUT2D eigenvalue weighted by molar-refractivity contribution is 5.79. The number of hydroxylamine groups is 1. The summed E-state index contributed by atoms with van der Waals surface area (Å²) in [5.74, 6) is -1.93. The van der Waals surface area contributed by atoms with Crippen LogP contribution in [0.25, 0.3) is 11.1 Å². The van der Waals surface area contributed by atoms with Crippen LogP contribution in [0.3, 0.4) is 0 Å². The number of ether oxygens (including phenoxy) is 1. The minimum atomic E-state index is -1.16. The summed E-state index contributed by atoms with van der Waals surface area (Å²) in [6.07, 6.45) is 2.82. The Morgan fingerprint density at radius 3 is 2.24 bits per heavy atom. The lowest BCUT2D eigenvalue weighted by molar-refractivity contribution is -0.151. The van der Waals surface area contributed by atoms with Gasteiger partial charge in [-0.05, 0) is 41.0 Å². The number of carbonyl (C=O) groups is 3. The molecule has 174 valence electrons. The maximum Gasteiger partial charge on any atom is 0.407 e. The van der Waals surface area contributed by atoms with Crippen LogP contribution in [0.2, 0.25) is 0 Å². The molecule has 2 aliphatic carbocycles. The minimum Gasteiger partial charge on any atom is -0.479 e. The first-order valence-corrected chi connectivity index (χ1v) is 11.3. The molecule has 2 atom stereocenters. The van der Waals surface area contributed by atoms with Gasteiger partial charge in [0.15, 0.2) is 6.61 Å². The fourth-order valence-corrected chi connectivity index (χ4v) is 4.91. The Morgan fingerprint density at radius 2 is 1.58 bits per heavy atom. The van der Waals surface area contributed by atoms with Gasteiger partial charge in [0.1, 0.15) is 6.61 Å².